The highest BCUT2D eigenvalue weighted by molar-refractivity contribution is 7.91. The first-order chi connectivity index (χ1) is 12.9. The minimum Gasteiger partial charge on any atom is -0.354 e. The Kier molecular flexibility index (Phi) is 5.92. The Labute approximate surface area is 158 Å². The van der Waals surface area contributed by atoms with Crippen LogP contribution in [0.25, 0.3) is 0 Å². The van der Waals surface area contributed by atoms with E-state index in [2.05, 4.69) is 10.6 Å². The molecule has 144 valence electrons. The van der Waals surface area contributed by atoms with Gasteiger partial charge in [0.25, 0.3) is 0 Å². The van der Waals surface area contributed by atoms with Crippen LogP contribution in [0.4, 0.5) is 4.39 Å². The lowest BCUT2D eigenvalue weighted by Crippen LogP contribution is -2.35. The molecule has 5 nitrogen and oxygen atoms in total. The number of halogens is 1. The maximum Gasteiger partial charge on any atom is 0.233 e. The lowest BCUT2D eigenvalue weighted by Gasteiger charge is -2.26. The minimum atomic E-state index is -3.76. The number of sulfone groups is 1. The van der Waals surface area contributed by atoms with Crippen molar-refractivity contribution >= 4 is 15.7 Å². The van der Waals surface area contributed by atoms with Gasteiger partial charge >= 0.3 is 0 Å². The van der Waals surface area contributed by atoms with Crippen molar-refractivity contribution in [3.63, 3.8) is 0 Å². The zero-order valence-electron chi connectivity index (χ0n) is 15.2. The molecule has 0 radical (unpaired) electrons. The second-order valence-corrected chi connectivity index (χ2v) is 8.69. The molecule has 2 N–H and O–H groups in total. The van der Waals surface area contributed by atoms with Crippen LogP contribution in [0.3, 0.4) is 0 Å². The van der Waals surface area contributed by atoms with Gasteiger partial charge in [-0.15, -0.1) is 0 Å². The van der Waals surface area contributed by atoms with Gasteiger partial charge in [-0.2, -0.15) is 0 Å². The van der Waals surface area contributed by atoms with Crippen LogP contribution < -0.4 is 10.6 Å². The van der Waals surface area contributed by atoms with Crippen molar-refractivity contribution in [1.29, 1.82) is 0 Å². The number of hydrogen-bond acceptors (Lipinski definition) is 4. The second kappa shape index (κ2) is 8.19. The van der Waals surface area contributed by atoms with Crippen molar-refractivity contribution in [2.24, 2.45) is 0 Å². The molecular formula is C20H23FN2O3S. The maximum atomic E-state index is 13.4. The predicted molar refractivity (Wildman–Crippen MR) is 101 cm³/mol. The van der Waals surface area contributed by atoms with E-state index in [0.717, 1.165) is 36.5 Å². The molecule has 0 saturated carbocycles. The fourth-order valence-corrected chi connectivity index (χ4v) is 4.84. The highest BCUT2D eigenvalue weighted by Gasteiger charge is 2.24. The van der Waals surface area contributed by atoms with E-state index >= 15 is 0 Å². The van der Waals surface area contributed by atoms with Crippen LogP contribution in [0.2, 0.25) is 0 Å². The van der Waals surface area contributed by atoms with Gasteiger partial charge in [-0.05, 0) is 67.8 Å². The quantitative estimate of drug-likeness (QED) is 0.794. The molecule has 0 aliphatic heterocycles. The summed E-state index contributed by atoms with van der Waals surface area (Å²) in [6.07, 6.45) is 2.68. The highest BCUT2D eigenvalue weighted by atomic mass is 32.2. The fourth-order valence-electron chi connectivity index (χ4n) is 3.50. The molecule has 1 aliphatic carbocycles. The number of hydrogen-bond donors (Lipinski definition) is 2. The van der Waals surface area contributed by atoms with Crippen molar-refractivity contribution in [2.75, 3.05) is 20.1 Å². The maximum absolute atomic E-state index is 13.4. The van der Waals surface area contributed by atoms with E-state index in [1.54, 1.807) is 19.2 Å². The molecule has 3 rings (SSSR count). The molecule has 0 unspecified atom stereocenters. The summed E-state index contributed by atoms with van der Waals surface area (Å²) in [6, 6.07) is 10.1. The summed E-state index contributed by atoms with van der Waals surface area (Å²) in [6.45, 7) is 0.800. The van der Waals surface area contributed by atoms with Crippen LogP contribution >= 0.6 is 0 Å². The Bertz CT molecular complexity index is 944. The summed E-state index contributed by atoms with van der Waals surface area (Å²) in [5, 5.41) is 5.72. The molecule has 2 aromatic rings. The van der Waals surface area contributed by atoms with E-state index in [4.69, 9.17) is 0 Å². The number of rotatable bonds is 6. The molecule has 0 saturated heterocycles. The SMILES string of the molecule is CNCC(=O)NC[C@@H]1CCCc2cc(S(=O)(=O)c3cccc(F)c3)ccc21. The van der Waals surface area contributed by atoms with Crippen molar-refractivity contribution in [1.82, 2.24) is 10.6 Å². The molecule has 0 heterocycles. The first kappa shape index (κ1) is 19.5. The Hall–Kier alpha value is -2.25. The van der Waals surface area contributed by atoms with Crippen molar-refractivity contribution in [2.45, 2.75) is 35.0 Å². The van der Waals surface area contributed by atoms with E-state index in [1.165, 1.54) is 18.2 Å². The largest absolute Gasteiger partial charge is 0.354 e. The number of aryl methyl sites for hydroxylation is 1. The van der Waals surface area contributed by atoms with E-state index in [1.807, 2.05) is 6.07 Å². The number of benzene rings is 2. The standard InChI is InChI=1S/C20H23FN2O3S/c1-22-13-20(24)23-12-15-5-2-4-14-10-18(8-9-19(14)15)27(25,26)17-7-3-6-16(21)11-17/h3,6-11,15,22H,2,4-5,12-13H2,1H3,(H,23,24)/t15-/m0/s1. The topological polar surface area (TPSA) is 75.3 Å². The summed E-state index contributed by atoms with van der Waals surface area (Å²) < 4.78 is 39.1. The Balaban J connectivity index is 1.85. The van der Waals surface area contributed by atoms with Crippen molar-refractivity contribution < 1.29 is 17.6 Å². The van der Waals surface area contributed by atoms with Gasteiger partial charge in [0, 0.05) is 12.5 Å². The summed E-state index contributed by atoms with van der Waals surface area (Å²) in [7, 11) is -2.05. The summed E-state index contributed by atoms with van der Waals surface area (Å²) >= 11 is 0. The van der Waals surface area contributed by atoms with Gasteiger partial charge in [-0.25, -0.2) is 12.8 Å². The zero-order valence-corrected chi connectivity index (χ0v) is 16.0. The van der Waals surface area contributed by atoms with Gasteiger partial charge in [0.15, 0.2) is 0 Å². The number of fused-ring (bicyclic) bond motifs is 1. The summed E-state index contributed by atoms with van der Waals surface area (Å²) in [4.78, 5) is 11.8. The smallest absolute Gasteiger partial charge is 0.233 e. The van der Waals surface area contributed by atoms with Crippen LogP contribution in [0.1, 0.15) is 29.9 Å². The van der Waals surface area contributed by atoms with Gasteiger partial charge in [0.1, 0.15) is 5.82 Å². The molecule has 7 heteroatoms. The van der Waals surface area contributed by atoms with Crippen LogP contribution in [-0.2, 0) is 21.1 Å². The minimum absolute atomic E-state index is 0.0471. The van der Waals surface area contributed by atoms with Gasteiger partial charge in [-0.3, -0.25) is 4.79 Å². The van der Waals surface area contributed by atoms with E-state index in [9.17, 15) is 17.6 Å². The normalized spacial score (nSPS) is 16.6. The number of likely N-dealkylation sites (N-methyl/N-ethyl adjacent to an activating group) is 1. The van der Waals surface area contributed by atoms with Gasteiger partial charge < -0.3 is 10.6 Å². The lowest BCUT2D eigenvalue weighted by atomic mass is 9.83. The van der Waals surface area contributed by atoms with E-state index in [-0.39, 0.29) is 28.2 Å². The van der Waals surface area contributed by atoms with E-state index in [0.29, 0.717) is 6.54 Å². The Morgan fingerprint density at radius 1 is 1.19 bits per heavy atom. The number of carbonyl (C=O) groups is 1. The number of carbonyl (C=O) groups excluding carboxylic acids is 1. The molecule has 0 fully saturated rings. The molecule has 1 aliphatic rings. The molecule has 1 amide bonds. The fraction of sp³-hybridized carbons (Fsp3) is 0.350. The number of nitrogens with one attached hydrogen (secondary N) is 2. The monoisotopic (exact) mass is 390 g/mol. The van der Waals surface area contributed by atoms with Crippen LogP contribution in [0.5, 0.6) is 0 Å². The van der Waals surface area contributed by atoms with Crippen LogP contribution in [0, 0.1) is 5.82 Å². The third-order valence-electron chi connectivity index (χ3n) is 4.85. The predicted octanol–water partition coefficient (Wildman–Crippen LogP) is 2.41. The first-order valence-electron chi connectivity index (χ1n) is 8.96. The highest BCUT2D eigenvalue weighted by Crippen LogP contribution is 2.34. The second-order valence-electron chi connectivity index (χ2n) is 6.74. The van der Waals surface area contributed by atoms with Crippen molar-refractivity contribution in [3.8, 4) is 0 Å². The van der Waals surface area contributed by atoms with Gasteiger partial charge in [0.05, 0.1) is 16.3 Å². The number of amides is 1. The third-order valence-corrected chi connectivity index (χ3v) is 6.60. The average molecular weight is 390 g/mol. The van der Waals surface area contributed by atoms with Crippen molar-refractivity contribution in [3.05, 3.63) is 59.4 Å². The Morgan fingerprint density at radius 2 is 1.96 bits per heavy atom. The average Bonchev–Trinajstić information content (AvgIpc) is 2.66. The summed E-state index contributed by atoms with van der Waals surface area (Å²) in [5.41, 5.74) is 2.05. The van der Waals surface area contributed by atoms with E-state index < -0.39 is 15.7 Å². The van der Waals surface area contributed by atoms with Gasteiger partial charge in [-0.1, -0.05) is 12.1 Å². The third kappa shape index (κ3) is 4.36. The van der Waals surface area contributed by atoms with Crippen LogP contribution in [-0.4, -0.2) is 34.5 Å². The van der Waals surface area contributed by atoms with Gasteiger partial charge in [0.2, 0.25) is 15.7 Å². The molecular weight excluding hydrogens is 367 g/mol. The molecule has 27 heavy (non-hydrogen) atoms. The summed E-state index contributed by atoms with van der Waals surface area (Å²) in [5.74, 6) is -0.471. The molecule has 2 aromatic carbocycles. The zero-order chi connectivity index (χ0) is 19.4. The molecule has 0 bridgehead atoms. The molecule has 1 atom stereocenters. The Morgan fingerprint density at radius 3 is 2.70 bits per heavy atom. The molecule has 0 spiro atoms. The van der Waals surface area contributed by atoms with Crippen LogP contribution in [0.15, 0.2) is 52.3 Å². The lowest BCUT2D eigenvalue weighted by molar-refractivity contribution is -0.120. The molecule has 0 aromatic heterocycles. The first-order valence-corrected chi connectivity index (χ1v) is 10.4.